The Hall–Kier alpha value is -0.860. The molecule has 72 valence electrons. The molecule has 1 aromatic carbocycles. The number of aliphatic hydroxyl groups is 1. The van der Waals surface area contributed by atoms with E-state index >= 15 is 0 Å². The van der Waals surface area contributed by atoms with Crippen molar-refractivity contribution in [2.24, 2.45) is 0 Å². The Morgan fingerprint density at radius 3 is 2.62 bits per heavy atom. The van der Waals surface area contributed by atoms with Crippen LogP contribution in [-0.2, 0) is 0 Å². The zero-order valence-corrected chi connectivity index (χ0v) is 8.03. The normalized spacial score (nSPS) is 12.8. The van der Waals surface area contributed by atoms with E-state index in [0.29, 0.717) is 12.5 Å². The maximum absolute atomic E-state index is 8.59. The summed E-state index contributed by atoms with van der Waals surface area (Å²) < 4.78 is 0. The Balaban J connectivity index is 2.35. The Morgan fingerprint density at radius 1 is 1.31 bits per heavy atom. The third-order valence-corrected chi connectivity index (χ3v) is 2.11. The fourth-order valence-electron chi connectivity index (χ4n) is 1.30. The van der Waals surface area contributed by atoms with Gasteiger partial charge in [0.05, 0.1) is 6.61 Å². The number of aliphatic hydroxyl groups excluding tert-OH is 1. The lowest BCUT2D eigenvalue weighted by Gasteiger charge is -2.11. The Bertz CT molecular complexity index is 223. The third-order valence-electron chi connectivity index (χ3n) is 2.11. The van der Waals surface area contributed by atoms with Crippen LogP contribution in [-0.4, -0.2) is 24.8 Å². The minimum Gasteiger partial charge on any atom is -0.395 e. The fourth-order valence-corrected chi connectivity index (χ4v) is 1.30. The summed E-state index contributed by atoms with van der Waals surface area (Å²) in [5.41, 5.74) is 1.34. The molecule has 2 N–H and O–H groups in total. The number of nitrogens with one attached hydrogen (secondary N) is 1. The second kappa shape index (κ2) is 5.73. The van der Waals surface area contributed by atoms with E-state index in [1.807, 2.05) is 6.07 Å². The SMILES string of the molecule is CC(CNCCO)c1ccccc1. The van der Waals surface area contributed by atoms with Crippen molar-refractivity contribution < 1.29 is 5.11 Å². The summed E-state index contributed by atoms with van der Waals surface area (Å²) in [7, 11) is 0. The van der Waals surface area contributed by atoms with Crippen LogP contribution in [0.15, 0.2) is 30.3 Å². The lowest BCUT2D eigenvalue weighted by atomic mass is 10.0. The number of hydrogen-bond acceptors (Lipinski definition) is 2. The second-order valence-corrected chi connectivity index (χ2v) is 3.24. The van der Waals surface area contributed by atoms with Crippen molar-refractivity contribution in [1.29, 1.82) is 0 Å². The molecule has 1 atom stereocenters. The van der Waals surface area contributed by atoms with Crippen molar-refractivity contribution in [1.82, 2.24) is 5.32 Å². The molecule has 0 saturated carbocycles. The Morgan fingerprint density at radius 2 is 2.00 bits per heavy atom. The molecule has 0 amide bonds. The van der Waals surface area contributed by atoms with Crippen LogP contribution in [0, 0.1) is 0 Å². The van der Waals surface area contributed by atoms with E-state index in [0.717, 1.165) is 6.54 Å². The van der Waals surface area contributed by atoms with Gasteiger partial charge in [0.15, 0.2) is 0 Å². The highest BCUT2D eigenvalue weighted by atomic mass is 16.3. The molecule has 0 heterocycles. The molecule has 2 heteroatoms. The quantitative estimate of drug-likeness (QED) is 0.669. The van der Waals surface area contributed by atoms with Crippen LogP contribution in [0.4, 0.5) is 0 Å². The molecule has 13 heavy (non-hydrogen) atoms. The van der Waals surface area contributed by atoms with Crippen LogP contribution >= 0.6 is 0 Å². The number of benzene rings is 1. The second-order valence-electron chi connectivity index (χ2n) is 3.24. The van der Waals surface area contributed by atoms with Gasteiger partial charge in [-0.15, -0.1) is 0 Å². The molecule has 1 rings (SSSR count). The van der Waals surface area contributed by atoms with Crippen LogP contribution in [0.2, 0.25) is 0 Å². The van der Waals surface area contributed by atoms with Crippen LogP contribution in [0.25, 0.3) is 0 Å². The summed E-state index contributed by atoms with van der Waals surface area (Å²) in [5.74, 6) is 0.507. The van der Waals surface area contributed by atoms with E-state index in [1.54, 1.807) is 0 Å². The maximum atomic E-state index is 8.59. The zero-order valence-electron chi connectivity index (χ0n) is 8.03. The first kappa shape index (κ1) is 10.2. The summed E-state index contributed by atoms with van der Waals surface area (Å²) in [6.45, 7) is 3.99. The van der Waals surface area contributed by atoms with Gasteiger partial charge in [-0.2, -0.15) is 0 Å². The molecule has 0 aliphatic rings. The van der Waals surface area contributed by atoms with Crippen molar-refractivity contribution >= 4 is 0 Å². The predicted octanol–water partition coefficient (Wildman–Crippen LogP) is 1.37. The monoisotopic (exact) mass is 179 g/mol. The van der Waals surface area contributed by atoms with Gasteiger partial charge in [0.1, 0.15) is 0 Å². The van der Waals surface area contributed by atoms with Crippen LogP contribution < -0.4 is 5.32 Å². The summed E-state index contributed by atoms with van der Waals surface area (Å²) in [5, 5.41) is 11.8. The average Bonchev–Trinajstić information content (AvgIpc) is 2.19. The van der Waals surface area contributed by atoms with Gasteiger partial charge >= 0.3 is 0 Å². The Kier molecular flexibility index (Phi) is 4.50. The molecule has 1 unspecified atom stereocenters. The number of rotatable bonds is 5. The lowest BCUT2D eigenvalue weighted by Crippen LogP contribution is -2.23. The summed E-state index contributed by atoms with van der Waals surface area (Å²) >= 11 is 0. The molecular weight excluding hydrogens is 162 g/mol. The largest absolute Gasteiger partial charge is 0.395 e. The molecule has 0 aliphatic carbocycles. The van der Waals surface area contributed by atoms with E-state index in [4.69, 9.17) is 5.11 Å². The van der Waals surface area contributed by atoms with E-state index < -0.39 is 0 Å². The van der Waals surface area contributed by atoms with Crippen molar-refractivity contribution in [2.45, 2.75) is 12.8 Å². The van der Waals surface area contributed by atoms with Gasteiger partial charge < -0.3 is 10.4 Å². The predicted molar refractivity (Wildman–Crippen MR) is 54.8 cm³/mol. The molecule has 0 aromatic heterocycles. The molecule has 0 fully saturated rings. The standard InChI is InChI=1S/C11H17NO/c1-10(9-12-7-8-13)11-5-3-2-4-6-11/h2-6,10,12-13H,7-9H2,1H3. The molecular formula is C11H17NO. The number of hydrogen-bond donors (Lipinski definition) is 2. The highest BCUT2D eigenvalue weighted by Crippen LogP contribution is 2.12. The van der Waals surface area contributed by atoms with Gasteiger partial charge in [-0.1, -0.05) is 37.3 Å². The average molecular weight is 179 g/mol. The topological polar surface area (TPSA) is 32.3 Å². The van der Waals surface area contributed by atoms with Gasteiger partial charge in [0.2, 0.25) is 0 Å². The molecule has 0 radical (unpaired) electrons. The van der Waals surface area contributed by atoms with Gasteiger partial charge in [-0.3, -0.25) is 0 Å². The summed E-state index contributed by atoms with van der Waals surface area (Å²) in [6.07, 6.45) is 0. The molecule has 0 bridgehead atoms. The minimum atomic E-state index is 0.210. The molecule has 2 nitrogen and oxygen atoms in total. The van der Waals surface area contributed by atoms with Crippen molar-refractivity contribution in [3.8, 4) is 0 Å². The van der Waals surface area contributed by atoms with Gasteiger partial charge in [-0.25, -0.2) is 0 Å². The van der Waals surface area contributed by atoms with Crippen LogP contribution in [0.1, 0.15) is 18.4 Å². The molecule has 0 aliphatic heterocycles. The van der Waals surface area contributed by atoms with Gasteiger partial charge in [0, 0.05) is 13.1 Å². The van der Waals surface area contributed by atoms with Gasteiger partial charge in [0.25, 0.3) is 0 Å². The molecule has 0 saturated heterocycles. The van der Waals surface area contributed by atoms with Gasteiger partial charge in [-0.05, 0) is 11.5 Å². The molecule has 0 spiro atoms. The van der Waals surface area contributed by atoms with E-state index in [1.165, 1.54) is 5.56 Å². The fraction of sp³-hybridized carbons (Fsp3) is 0.455. The summed E-state index contributed by atoms with van der Waals surface area (Å²) in [6, 6.07) is 10.4. The minimum absolute atomic E-state index is 0.210. The first-order chi connectivity index (χ1) is 6.34. The molecule has 1 aromatic rings. The highest BCUT2D eigenvalue weighted by molar-refractivity contribution is 5.18. The maximum Gasteiger partial charge on any atom is 0.0555 e. The van der Waals surface area contributed by atoms with Crippen LogP contribution in [0.5, 0.6) is 0 Å². The van der Waals surface area contributed by atoms with E-state index in [2.05, 4.69) is 36.5 Å². The smallest absolute Gasteiger partial charge is 0.0555 e. The zero-order chi connectivity index (χ0) is 9.52. The van der Waals surface area contributed by atoms with E-state index in [-0.39, 0.29) is 6.61 Å². The van der Waals surface area contributed by atoms with Crippen LogP contribution in [0.3, 0.4) is 0 Å². The van der Waals surface area contributed by atoms with Crippen molar-refractivity contribution in [3.05, 3.63) is 35.9 Å². The van der Waals surface area contributed by atoms with Crippen molar-refractivity contribution in [2.75, 3.05) is 19.7 Å². The van der Waals surface area contributed by atoms with Crippen molar-refractivity contribution in [3.63, 3.8) is 0 Å². The highest BCUT2D eigenvalue weighted by Gasteiger charge is 2.02. The lowest BCUT2D eigenvalue weighted by molar-refractivity contribution is 0.291. The summed E-state index contributed by atoms with van der Waals surface area (Å²) in [4.78, 5) is 0. The first-order valence-corrected chi connectivity index (χ1v) is 4.71. The first-order valence-electron chi connectivity index (χ1n) is 4.71. The van der Waals surface area contributed by atoms with E-state index in [9.17, 15) is 0 Å². The third kappa shape index (κ3) is 3.57. The Labute approximate surface area is 79.6 Å².